The summed E-state index contributed by atoms with van der Waals surface area (Å²) in [6.45, 7) is 8.47. The number of piperazine rings is 1. The van der Waals surface area contributed by atoms with Crippen LogP contribution in [0.4, 0.5) is 5.69 Å². The lowest BCUT2D eigenvalue weighted by molar-refractivity contribution is -0.141. The van der Waals surface area contributed by atoms with Gasteiger partial charge < -0.3 is 14.5 Å². The molecule has 2 heterocycles. The maximum absolute atomic E-state index is 12.3. The summed E-state index contributed by atoms with van der Waals surface area (Å²) in [4.78, 5) is 16.7. The smallest absolute Gasteiger partial charge is 0.251 e. The monoisotopic (exact) mass is 288 g/mol. The summed E-state index contributed by atoms with van der Waals surface area (Å²) in [7, 11) is 0. The van der Waals surface area contributed by atoms with Crippen LogP contribution in [0, 0.1) is 13.8 Å². The Morgan fingerprint density at radius 2 is 1.95 bits per heavy atom. The van der Waals surface area contributed by atoms with Crippen molar-refractivity contribution in [2.75, 3.05) is 37.7 Å². The van der Waals surface area contributed by atoms with Crippen molar-refractivity contribution < 1.29 is 9.53 Å². The lowest BCUT2D eigenvalue weighted by Crippen LogP contribution is -2.51. The fourth-order valence-corrected chi connectivity index (χ4v) is 3.22. The van der Waals surface area contributed by atoms with Crippen LogP contribution in [-0.2, 0) is 9.53 Å². The van der Waals surface area contributed by atoms with E-state index >= 15 is 0 Å². The second-order valence-electron chi connectivity index (χ2n) is 6.03. The molecule has 21 heavy (non-hydrogen) atoms. The average Bonchev–Trinajstić information content (AvgIpc) is 3.04. The van der Waals surface area contributed by atoms with Gasteiger partial charge in [-0.3, -0.25) is 4.79 Å². The number of hydrogen-bond donors (Lipinski definition) is 0. The van der Waals surface area contributed by atoms with Gasteiger partial charge in [0.15, 0.2) is 0 Å². The molecule has 0 aromatic heterocycles. The van der Waals surface area contributed by atoms with E-state index in [0.29, 0.717) is 0 Å². The molecule has 2 fully saturated rings. The molecule has 1 amide bonds. The summed E-state index contributed by atoms with van der Waals surface area (Å²) in [6, 6.07) is 6.44. The van der Waals surface area contributed by atoms with Crippen LogP contribution in [0.5, 0.6) is 0 Å². The summed E-state index contributed by atoms with van der Waals surface area (Å²) < 4.78 is 5.51. The Bertz CT molecular complexity index is 516. The van der Waals surface area contributed by atoms with Gasteiger partial charge in [-0.25, -0.2) is 0 Å². The molecule has 0 bridgehead atoms. The van der Waals surface area contributed by atoms with Gasteiger partial charge in [0.05, 0.1) is 0 Å². The van der Waals surface area contributed by atoms with Crippen molar-refractivity contribution in [1.29, 1.82) is 0 Å². The molecule has 1 atom stereocenters. The average molecular weight is 288 g/mol. The molecule has 114 valence electrons. The number of aryl methyl sites for hydroxylation is 1. The normalized spacial score (nSPS) is 22.7. The van der Waals surface area contributed by atoms with Crippen LogP contribution < -0.4 is 4.90 Å². The summed E-state index contributed by atoms with van der Waals surface area (Å²) in [6.07, 6.45) is 1.71. The molecule has 1 aromatic carbocycles. The third-order valence-corrected chi connectivity index (χ3v) is 4.71. The van der Waals surface area contributed by atoms with Crippen molar-refractivity contribution >= 4 is 11.6 Å². The molecule has 4 nitrogen and oxygen atoms in total. The first-order valence-corrected chi connectivity index (χ1v) is 7.88. The highest BCUT2D eigenvalue weighted by atomic mass is 16.5. The van der Waals surface area contributed by atoms with Crippen LogP contribution in [0.3, 0.4) is 0 Å². The minimum Gasteiger partial charge on any atom is -0.368 e. The minimum atomic E-state index is -0.183. The summed E-state index contributed by atoms with van der Waals surface area (Å²) in [5.74, 6) is 0.188. The van der Waals surface area contributed by atoms with Gasteiger partial charge in [-0.1, -0.05) is 12.1 Å². The molecule has 0 N–H and O–H groups in total. The maximum atomic E-state index is 12.3. The van der Waals surface area contributed by atoms with Gasteiger partial charge in [0.2, 0.25) is 0 Å². The van der Waals surface area contributed by atoms with E-state index in [4.69, 9.17) is 4.74 Å². The quantitative estimate of drug-likeness (QED) is 0.836. The Hall–Kier alpha value is -1.55. The number of hydrogen-bond acceptors (Lipinski definition) is 3. The van der Waals surface area contributed by atoms with Crippen LogP contribution in [-0.4, -0.2) is 49.7 Å². The van der Waals surface area contributed by atoms with E-state index in [-0.39, 0.29) is 12.0 Å². The van der Waals surface area contributed by atoms with E-state index in [9.17, 15) is 4.79 Å². The van der Waals surface area contributed by atoms with Gasteiger partial charge in [-0.15, -0.1) is 0 Å². The Labute approximate surface area is 126 Å². The number of benzene rings is 1. The predicted octanol–water partition coefficient (Wildman–Crippen LogP) is 2.13. The van der Waals surface area contributed by atoms with Gasteiger partial charge >= 0.3 is 0 Å². The molecular weight excluding hydrogens is 264 g/mol. The third-order valence-electron chi connectivity index (χ3n) is 4.71. The fraction of sp³-hybridized carbons (Fsp3) is 0.588. The highest BCUT2D eigenvalue weighted by Crippen LogP contribution is 2.24. The summed E-state index contributed by atoms with van der Waals surface area (Å²) >= 11 is 0. The molecule has 2 aliphatic rings. The largest absolute Gasteiger partial charge is 0.368 e. The van der Waals surface area contributed by atoms with Crippen LogP contribution in [0.1, 0.15) is 24.0 Å². The van der Waals surface area contributed by atoms with Crippen molar-refractivity contribution in [2.45, 2.75) is 32.8 Å². The molecular formula is C17H24N2O2. The summed E-state index contributed by atoms with van der Waals surface area (Å²) in [5, 5.41) is 0. The number of anilines is 1. The van der Waals surface area contributed by atoms with E-state index in [2.05, 4.69) is 36.9 Å². The first kappa shape index (κ1) is 14.4. The van der Waals surface area contributed by atoms with Crippen molar-refractivity contribution in [3.05, 3.63) is 29.3 Å². The first-order chi connectivity index (χ1) is 10.2. The highest BCUT2D eigenvalue weighted by Gasteiger charge is 2.30. The molecule has 0 aliphatic carbocycles. The molecule has 0 saturated carbocycles. The lowest BCUT2D eigenvalue weighted by Gasteiger charge is -2.37. The number of rotatable bonds is 2. The van der Waals surface area contributed by atoms with E-state index in [1.165, 1.54) is 16.8 Å². The van der Waals surface area contributed by atoms with Gasteiger partial charge in [-0.2, -0.15) is 0 Å². The predicted molar refractivity (Wildman–Crippen MR) is 83.7 cm³/mol. The van der Waals surface area contributed by atoms with Gasteiger partial charge in [0.25, 0.3) is 5.91 Å². The molecule has 4 heteroatoms. The molecule has 1 unspecified atom stereocenters. The molecule has 2 aliphatic heterocycles. The number of ether oxygens (including phenoxy) is 1. The topological polar surface area (TPSA) is 32.8 Å². The molecule has 0 radical (unpaired) electrons. The summed E-state index contributed by atoms with van der Waals surface area (Å²) in [5.41, 5.74) is 3.97. The number of amides is 1. The number of nitrogens with zero attached hydrogens (tertiary/aromatic N) is 2. The SMILES string of the molecule is Cc1cccc(N2CCN(C(=O)C3CCCO3)CC2)c1C. The van der Waals surface area contributed by atoms with Gasteiger partial charge in [-0.05, 0) is 43.9 Å². The van der Waals surface area contributed by atoms with Gasteiger partial charge in [0.1, 0.15) is 6.10 Å². The number of carbonyl (C=O) groups excluding carboxylic acids is 1. The Kier molecular flexibility index (Phi) is 4.15. The maximum Gasteiger partial charge on any atom is 0.251 e. The Morgan fingerprint density at radius 1 is 1.19 bits per heavy atom. The molecule has 2 saturated heterocycles. The minimum absolute atomic E-state index is 0.183. The molecule has 0 spiro atoms. The van der Waals surface area contributed by atoms with Crippen molar-refractivity contribution in [1.82, 2.24) is 4.90 Å². The third kappa shape index (κ3) is 2.91. The zero-order valence-corrected chi connectivity index (χ0v) is 13.0. The van der Waals surface area contributed by atoms with Crippen LogP contribution in [0.15, 0.2) is 18.2 Å². The highest BCUT2D eigenvalue weighted by molar-refractivity contribution is 5.81. The van der Waals surface area contributed by atoms with Gasteiger partial charge in [0, 0.05) is 38.5 Å². The zero-order chi connectivity index (χ0) is 14.8. The van der Waals surface area contributed by atoms with E-state index in [1.807, 2.05) is 4.90 Å². The molecule has 1 aromatic rings. The van der Waals surface area contributed by atoms with E-state index < -0.39 is 0 Å². The van der Waals surface area contributed by atoms with Crippen molar-refractivity contribution in [3.63, 3.8) is 0 Å². The van der Waals surface area contributed by atoms with Crippen molar-refractivity contribution in [2.24, 2.45) is 0 Å². The number of carbonyl (C=O) groups is 1. The standard InChI is InChI=1S/C17H24N2O2/c1-13-5-3-6-15(14(13)2)18-8-10-19(11-9-18)17(20)16-7-4-12-21-16/h3,5-6,16H,4,7-12H2,1-2H3. The first-order valence-electron chi connectivity index (χ1n) is 7.88. The van der Waals surface area contributed by atoms with Crippen LogP contribution >= 0.6 is 0 Å². The zero-order valence-electron chi connectivity index (χ0n) is 13.0. The van der Waals surface area contributed by atoms with Crippen LogP contribution in [0.25, 0.3) is 0 Å². The second-order valence-corrected chi connectivity index (χ2v) is 6.03. The molecule has 3 rings (SSSR count). The van der Waals surface area contributed by atoms with E-state index in [1.54, 1.807) is 0 Å². The van der Waals surface area contributed by atoms with Crippen molar-refractivity contribution in [3.8, 4) is 0 Å². The van der Waals surface area contributed by atoms with E-state index in [0.717, 1.165) is 45.6 Å². The second kappa shape index (κ2) is 6.06. The van der Waals surface area contributed by atoms with Crippen LogP contribution in [0.2, 0.25) is 0 Å². The Balaban J connectivity index is 1.62. The Morgan fingerprint density at radius 3 is 2.62 bits per heavy atom. The lowest BCUT2D eigenvalue weighted by atomic mass is 10.1. The fourth-order valence-electron chi connectivity index (χ4n) is 3.22.